The molecule has 0 aliphatic heterocycles. The molecule has 0 unspecified atom stereocenters. The summed E-state index contributed by atoms with van der Waals surface area (Å²) in [7, 11) is 0. The molecule has 3 saturated carbocycles. The van der Waals surface area contributed by atoms with Crippen molar-refractivity contribution in [3.05, 3.63) is 0 Å². The SMILES string of the molecule is CCCCC1CCC(C2CCC(C#CC3CCC(CCC)CC3)CC2)CC1. The van der Waals surface area contributed by atoms with Crippen molar-refractivity contribution in [2.75, 3.05) is 0 Å². The van der Waals surface area contributed by atoms with E-state index in [2.05, 4.69) is 25.7 Å². The van der Waals surface area contributed by atoms with Gasteiger partial charge in [0, 0.05) is 11.8 Å². The Bertz CT molecular complexity index is 442. The van der Waals surface area contributed by atoms with E-state index in [9.17, 15) is 0 Å². The van der Waals surface area contributed by atoms with Gasteiger partial charge >= 0.3 is 0 Å². The summed E-state index contributed by atoms with van der Waals surface area (Å²) < 4.78 is 0. The predicted molar refractivity (Wildman–Crippen MR) is 119 cm³/mol. The number of unbranched alkanes of at least 4 members (excludes halogenated alkanes) is 1. The molecular weight excluding hydrogens is 324 g/mol. The number of rotatable bonds is 6. The molecule has 0 bridgehead atoms. The standard InChI is InChI=1S/C27H46/c1-3-5-7-23-14-18-26(19-15-23)27-20-16-25(17-21-27)13-12-24-10-8-22(6-4-2)9-11-24/h22-27H,3-11,14-21H2,1-2H3. The van der Waals surface area contributed by atoms with Crippen molar-refractivity contribution in [1.82, 2.24) is 0 Å². The summed E-state index contributed by atoms with van der Waals surface area (Å²) in [5, 5.41) is 0. The van der Waals surface area contributed by atoms with Gasteiger partial charge in [-0.15, -0.1) is 0 Å². The molecule has 0 atom stereocenters. The zero-order chi connectivity index (χ0) is 18.9. The second-order valence-electron chi connectivity index (χ2n) is 10.3. The van der Waals surface area contributed by atoms with Gasteiger partial charge in [0.05, 0.1) is 0 Å². The van der Waals surface area contributed by atoms with Gasteiger partial charge in [-0.05, 0) is 87.9 Å². The molecule has 0 nitrogen and oxygen atoms in total. The second kappa shape index (κ2) is 11.5. The zero-order valence-electron chi connectivity index (χ0n) is 18.5. The van der Waals surface area contributed by atoms with Crippen LogP contribution in [0.15, 0.2) is 0 Å². The van der Waals surface area contributed by atoms with E-state index in [0.29, 0.717) is 0 Å². The second-order valence-corrected chi connectivity index (χ2v) is 10.3. The van der Waals surface area contributed by atoms with Gasteiger partial charge in [0.2, 0.25) is 0 Å². The van der Waals surface area contributed by atoms with Gasteiger partial charge in [0.15, 0.2) is 0 Å². The van der Waals surface area contributed by atoms with Crippen LogP contribution in [0.25, 0.3) is 0 Å². The predicted octanol–water partition coefficient (Wildman–Crippen LogP) is 8.40. The first-order valence-corrected chi connectivity index (χ1v) is 12.8. The van der Waals surface area contributed by atoms with Crippen LogP contribution in [-0.2, 0) is 0 Å². The highest BCUT2D eigenvalue weighted by molar-refractivity contribution is 5.09. The molecule has 3 aliphatic rings. The normalized spacial score (nSPS) is 37.4. The average Bonchev–Trinajstić information content (AvgIpc) is 2.73. The first-order valence-electron chi connectivity index (χ1n) is 12.8. The largest absolute Gasteiger partial charge is 0.0996 e. The van der Waals surface area contributed by atoms with Crippen molar-refractivity contribution >= 4 is 0 Å². The third kappa shape index (κ3) is 6.84. The Morgan fingerprint density at radius 1 is 0.519 bits per heavy atom. The molecule has 0 aromatic rings. The fourth-order valence-corrected chi connectivity index (χ4v) is 6.42. The highest BCUT2D eigenvalue weighted by atomic mass is 14.4. The van der Waals surface area contributed by atoms with Crippen molar-refractivity contribution in [3.63, 3.8) is 0 Å². The van der Waals surface area contributed by atoms with Gasteiger partial charge < -0.3 is 0 Å². The van der Waals surface area contributed by atoms with Crippen LogP contribution in [0, 0.1) is 47.3 Å². The zero-order valence-corrected chi connectivity index (χ0v) is 18.5. The number of hydrogen-bond acceptors (Lipinski definition) is 0. The molecule has 3 aliphatic carbocycles. The molecule has 0 aromatic carbocycles. The van der Waals surface area contributed by atoms with Gasteiger partial charge in [-0.3, -0.25) is 0 Å². The van der Waals surface area contributed by atoms with E-state index in [1.54, 1.807) is 0 Å². The van der Waals surface area contributed by atoms with Crippen LogP contribution in [0.2, 0.25) is 0 Å². The molecule has 27 heavy (non-hydrogen) atoms. The molecule has 0 spiro atoms. The molecule has 3 fully saturated rings. The highest BCUT2D eigenvalue weighted by Crippen LogP contribution is 2.42. The Morgan fingerprint density at radius 3 is 1.48 bits per heavy atom. The fraction of sp³-hybridized carbons (Fsp3) is 0.926. The summed E-state index contributed by atoms with van der Waals surface area (Å²) in [6.07, 6.45) is 24.7. The minimum Gasteiger partial charge on any atom is -0.0996 e. The van der Waals surface area contributed by atoms with Gasteiger partial charge in [0.1, 0.15) is 0 Å². The molecular formula is C27H46. The summed E-state index contributed by atoms with van der Waals surface area (Å²) >= 11 is 0. The van der Waals surface area contributed by atoms with Gasteiger partial charge in [-0.2, -0.15) is 0 Å². The molecule has 0 heterocycles. The molecule has 0 aromatic heterocycles. The fourth-order valence-electron chi connectivity index (χ4n) is 6.42. The third-order valence-corrected chi connectivity index (χ3v) is 8.33. The monoisotopic (exact) mass is 370 g/mol. The van der Waals surface area contributed by atoms with Crippen molar-refractivity contribution in [2.45, 2.75) is 123 Å². The maximum Gasteiger partial charge on any atom is 0.0203 e. The average molecular weight is 371 g/mol. The third-order valence-electron chi connectivity index (χ3n) is 8.33. The van der Waals surface area contributed by atoms with Crippen LogP contribution >= 0.6 is 0 Å². The maximum absolute atomic E-state index is 3.74. The first-order chi connectivity index (χ1) is 13.3. The maximum atomic E-state index is 3.74. The van der Waals surface area contributed by atoms with E-state index in [0.717, 1.165) is 35.5 Å². The van der Waals surface area contributed by atoms with Crippen LogP contribution in [0.5, 0.6) is 0 Å². The van der Waals surface area contributed by atoms with Crippen molar-refractivity contribution in [3.8, 4) is 11.8 Å². The number of hydrogen-bond donors (Lipinski definition) is 0. The molecule has 0 heteroatoms. The van der Waals surface area contributed by atoms with Gasteiger partial charge in [0.25, 0.3) is 0 Å². The summed E-state index contributed by atoms with van der Waals surface area (Å²) in [6.45, 7) is 4.67. The van der Waals surface area contributed by atoms with Crippen LogP contribution < -0.4 is 0 Å². The quantitative estimate of drug-likeness (QED) is 0.412. The lowest BCUT2D eigenvalue weighted by molar-refractivity contribution is 0.153. The smallest absolute Gasteiger partial charge is 0.0203 e. The molecule has 154 valence electrons. The molecule has 0 saturated heterocycles. The summed E-state index contributed by atoms with van der Waals surface area (Å²) in [6, 6.07) is 0. The Morgan fingerprint density at radius 2 is 0.963 bits per heavy atom. The minimum atomic E-state index is 0.731. The lowest BCUT2D eigenvalue weighted by Gasteiger charge is -2.37. The van der Waals surface area contributed by atoms with Crippen LogP contribution in [-0.4, -0.2) is 0 Å². The van der Waals surface area contributed by atoms with E-state index in [1.165, 1.54) is 109 Å². The summed E-state index contributed by atoms with van der Waals surface area (Å²) in [5.41, 5.74) is 0. The van der Waals surface area contributed by atoms with Crippen LogP contribution in [0.4, 0.5) is 0 Å². The van der Waals surface area contributed by atoms with E-state index < -0.39 is 0 Å². The Labute approximate surface area is 170 Å². The Balaban J connectivity index is 1.33. The first kappa shape index (κ1) is 21.3. The Hall–Kier alpha value is -0.440. The molecule has 3 rings (SSSR count). The van der Waals surface area contributed by atoms with Crippen molar-refractivity contribution in [2.24, 2.45) is 35.5 Å². The van der Waals surface area contributed by atoms with Crippen LogP contribution in [0.3, 0.4) is 0 Å². The van der Waals surface area contributed by atoms with E-state index in [-0.39, 0.29) is 0 Å². The van der Waals surface area contributed by atoms with Gasteiger partial charge in [-0.1, -0.05) is 70.6 Å². The van der Waals surface area contributed by atoms with Gasteiger partial charge in [-0.25, -0.2) is 0 Å². The van der Waals surface area contributed by atoms with E-state index >= 15 is 0 Å². The highest BCUT2D eigenvalue weighted by Gasteiger charge is 2.30. The molecule has 0 N–H and O–H groups in total. The lowest BCUT2D eigenvalue weighted by atomic mass is 9.68. The van der Waals surface area contributed by atoms with E-state index in [1.807, 2.05) is 0 Å². The van der Waals surface area contributed by atoms with Crippen molar-refractivity contribution in [1.29, 1.82) is 0 Å². The minimum absolute atomic E-state index is 0.731. The summed E-state index contributed by atoms with van der Waals surface area (Å²) in [5.74, 6) is 13.1. The van der Waals surface area contributed by atoms with Crippen molar-refractivity contribution < 1.29 is 0 Å². The summed E-state index contributed by atoms with van der Waals surface area (Å²) in [4.78, 5) is 0. The molecule has 0 radical (unpaired) electrons. The Kier molecular flexibility index (Phi) is 9.09. The lowest BCUT2D eigenvalue weighted by Crippen LogP contribution is -2.25. The van der Waals surface area contributed by atoms with Crippen LogP contribution in [0.1, 0.15) is 123 Å². The van der Waals surface area contributed by atoms with E-state index in [4.69, 9.17) is 0 Å². The molecule has 0 amide bonds. The topological polar surface area (TPSA) is 0 Å².